The highest BCUT2D eigenvalue weighted by Crippen LogP contribution is 2.18. The van der Waals surface area contributed by atoms with Gasteiger partial charge in [-0.15, -0.1) is 0 Å². The lowest BCUT2D eigenvalue weighted by Gasteiger charge is -2.27. The lowest BCUT2D eigenvalue weighted by atomic mass is 10.3. The topological polar surface area (TPSA) is 63.4 Å². The smallest absolute Gasteiger partial charge is 0.367 e. The van der Waals surface area contributed by atoms with Gasteiger partial charge < -0.3 is 19.5 Å². The molecule has 19 heavy (non-hydrogen) atoms. The van der Waals surface area contributed by atoms with Gasteiger partial charge in [0.15, 0.2) is 0 Å². The lowest BCUT2D eigenvalue weighted by molar-refractivity contribution is -0.125. The summed E-state index contributed by atoms with van der Waals surface area (Å²) in [6.45, 7) is 0.823. The predicted molar refractivity (Wildman–Crippen MR) is 58.2 cm³/mol. The minimum absolute atomic E-state index is 0.116. The van der Waals surface area contributed by atoms with Gasteiger partial charge in [-0.25, -0.2) is 0 Å². The lowest BCUT2D eigenvalue weighted by Crippen LogP contribution is -2.35. The molecular formula is C10H15F3N4O2. The Morgan fingerprint density at radius 1 is 1.47 bits per heavy atom. The molecule has 0 bridgehead atoms. The summed E-state index contributed by atoms with van der Waals surface area (Å²) >= 11 is 0. The number of likely N-dealkylation sites (N-methyl/N-ethyl adjacent to an activating group) is 1. The second-order valence-electron chi connectivity index (χ2n) is 4.39. The Labute approximate surface area is 107 Å². The largest absolute Gasteiger partial charge is 0.401 e. The number of alkyl halides is 3. The van der Waals surface area contributed by atoms with Gasteiger partial charge in [-0.3, -0.25) is 0 Å². The number of ether oxygens (including phenoxy) is 1. The van der Waals surface area contributed by atoms with Crippen molar-refractivity contribution in [2.75, 3.05) is 33.3 Å². The van der Waals surface area contributed by atoms with Crippen LogP contribution < -0.4 is 5.32 Å². The predicted octanol–water partition coefficient (Wildman–Crippen LogP) is 0.725. The van der Waals surface area contributed by atoms with Crippen molar-refractivity contribution in [2.45, 2.75) is 18.8 Å². The molecule has 1 unspecified atom stereocenters. The maximum Gasteiger partial charge on any atom is 0.401 e. The third kappa shape index (κ3) is 4.44. The first-order valence-corrected chi connectivity index (χ1v) is 5.84. The van der Waals surface area contributed by atoms with Gasteiger partial charge in [0.25, 0.3) is 0 Å². The van der Waals surface area contributed by atoms with Crippen LogP contribution in [0, 0.1) is 0 Å². The third-order valence-electron chi connectivity index (χ3n) is 2.64. The van der Waals surface area contributed by atoms with Crippen LogP contribution in [0.2, 0.25) is 0 Å². The van der Waals surface area contributed by atoms with Crippen LogP contribution in [0.25, 0.3) is 0 Å². The molecule has 0 aliphatic carbocycles. The molecule has 0 saturated carbocycles. The van der Waals surface area contributed by atoms with E-state index in [2.05, 4.69) is 20.4 Å². The van der Waals surface area contributed by atoms with Crippen molar-refractivity contribution >= 4 is 0 Å². The summed E-state index contributed by atoms with van der Waals surface area (Å²) in [4.78, 5) is 6.09. The molecule has 0 spiro atoms. The van der Waals surface area contributed by atoms with E-state index in [1.54, 1.807) is 0 Å². The highest BCUT2D eigenvalue weighted by atomic mass is 19.4. The molecule has 0 aromatic carbocycles. The molecule has 1 atom stereocenters. The zero-order valence-corrected chi connectivity index (χ0v) is 10.4. The minimum atomic E-state index is -4.25. The van der Waals surface area contributed by atoms with Gasteiger partial charge in [0.05, 0.1) is 19.7 Å². The van der Waals surface area contributed by atoms with Gasteiger partial charge in [0.1, 0.15) is 6.10 Å². The summed E-state index contributed by atoms with van der Waals surface area (Å²) in [6.07, 6.45) is -4.54. The van der Waals surface area contributed by atoms with E-state index >= 15 is 0 Å². The molecule has 1 N–H and O–H groups in total. The number of nitrogens with one attached hydrogen (secondary N) is 1. The fourth-order valence-electron chi connectivity index (χ4n) is 1.72. The van der Waals surface area contributed by atoms with Crippen molar-refractivity contribution in [3.63, 3.8) is 0 Å². The van der Waals surface area contributed by atoms with E-state index in [0.29, 0.717) is 19.0 Å². The summed E-state index contributed by atoms with van der Waals surface area (Å²) in [7, 11) is 1.95. The Morgan fingerprint density at radius 3 is 2.95 bits per heavy atom. The quantitative estimate of drug-likeness (QED) is 0.877. The van der Waals surface area contributed by atoms with E-state index < -0.39 is 12.7 Å². The molecule has 108 valence electrons. The Kier molecular flexibility index (Phi) is 4.38. The van der Waals surface area contributed by atoms with Crippen LogP contribution in [-0.2, 0) is 11.3 Å². The maximum absolute atomic E-state index is 11.9. The van der Waals surface area contributed by atoms with E-state index in [4.69, 9.17) is 9.26 Å². The van der Waals surface area contributed by atoms with Crippen molar-refractivity contribution in [2.24, 2.45) is 0 Å². The highest BCUT2D eigenvalue weighted by Gasteiger charge is 2.27. The van der Waals surface area contributed by atoms with E-state index in [1.165, 1.54) is 0 Å². The first kappa shape index (κ1) is 14.2. The van der Waals surface area contributed by atoms with Gasteiger partial charge in [-0.1, -0.05) is 5.16 Å². The molecule has 2 heterocycles. The molecule has 6 nitrogen and oxygen atoms in total. The summed E-state index contributed by atoms with van der Waals surface area (Å²) in [5.41, 5.74) is 0. The van der Waals surface area contributed by atoms with Crippen molar-refractivity contribution in [3.05, 3.63) is 11.7 Å². The number of hydrogen-bond donors (Lipinski definition) is 1. The number of aromatic nitrogens is 2. The molecular weight excluding hydrogens is 265 g/mol. The van der Waals surface area contributed by atoms with E-state index in [9.17, 15) is 13.2 Å². The number of hydrogen-bond acceptors (Lipinski definition) is 6. The fourth-order valence-corrected chi connectivity index (χ4v) is 1.72. The first-order chi connectivity index (χ1) is 8.94. The summed E-state index contributed by atoms with van der Waals surface area (Å²) < 4.78 is 46.2. The fraction of sp³-hybridized carbons (Fsp3) is 0.800. The van der Waals surface area contributed by atoms with E-state index in [1.807, 2.05) is 7.05 Å². The van der Waals surface area contributed by atoms with Gasteiger partial charge in [0.2, 0.25) is 11.7 Å². The van der Waals surface area contributed by atoms with Gasteiger partial charge in [-0.05, 0) is 7.05 Å². The van der Waals surface area contributed by atoms with E-state index in [-0.39, 0.29) is 18.5 Å². The molecule has 1 aromatic rings. The van der Waals surface area contributed by atoms with Crippen molar-refractivity contribution < 1.29 is 22.4 Å². The van der Waals surface area contributed by atoms with Crippen molar-refractivity contribution in [1.29, 1.82) is 0 Å². The van der Waals surface area contributed by atoms with Gasteiger partial charge >= 0.3 is 6.18 Å². The number of rotatable bonds is 4. The average molecular weight is 280 g/mol. The van der Waals surface area contributed by atoms with Crippen LogP contribution in [0.4, 0.5) is 13.2 Å². The second kappa shape index (κ2) is 5.85. The number of morpholine rings is 1. The van der Waals surface area contributed by atoms with Crippen molar-refractivity contribution in [1.82, 2.24) is 20.4 Å². The Morgan fingerprint density at radius 2 is 2.26 bits per heavy atom. The monoisotopic (exact) mass is 280 g/mol. The molecule has 1 aliphatic heterocycles. The molecule has 0 radical (unpaired) electrons. The molecule has 2 rings (SSSR count). The Hall–Kier alpha value is -1.19. The van der Waals surface area contributed by atoms with Crippen LogP contribution in [-0.4, -0.2) is 54.5 Å². The SMILES string of the molecule is CN1CCOC(c2noc(CNCC(F)(F)F)n2)C1. The molecule has 1 saturated heterocycles. The highest BCUT2D eigenvalue weighted by molar-refractivity contribution is 4.93. The third-order valence-corrected chi connectivity index (χ3v) is 2.64. The van der Waals surface area contributed by atoms with Crippen LogP contribution in [0.15, 0.2) is 4.52 Å². The molecule has 1 fully saturated rings. The van der Waals surface area contributed by atoms with Crippen LogP contribution in [0.5, 0.6) is 0 Å². The summed E-state index contributed by atoms with van der Waals surface area (Å²) in [6, 6.07) is 0. The van der Waals surface area contributed by atoms with Crippen LogP contribution >= 0.6 is 0 Å². The average Bonchev–Trinajstić information content (AvgIpc) is 2.76. The van der Waals surface area contributed by atoms with Gasteiger partial charge in [-0.2, -0.15) is 18.2 Å². The molecule has 1 aliphatic rings. The van der Waals surface area contributed by atoms with Crippen LogP contribution in [0.3, 0.4) is 0 Å². The first-order valence-electron chi connectivity index (χ1n) is 5.84. The second-order valence-corrected chi connectivity index (χ2v) is 4.39. The number of halogens is 3. The Bertz CT molecular complexity index is 410. The molecule has 9 heteroatoms. The minimum Gasteiger partial charge on any atom is -0.367 e. The normalized spacial score (nSPS) is 21.8. The number of nitrogens with zero attached hydrogens (tertiary/aromatic N) is 3. The summed E-state index contributed by atoms with van der Waals surface area (Å²) in [5, 5.41) is 5.92. The van der Waals surface area contributed by atoms with E-state index in [0.717, 1.165) is 6.54 Å². The van der Waals surface area contributed by atoms with Crippen molar-refractivity contribution in [3.8, 4) is 0 Å². The maximum atomic E-state index is 11.9. The Balaban J connectivity index is 1.85. The summed E-state index contributed by atoms with van der Waals surface area (Å²) in [5.74, 6) is 0.492. The van der Waals surface area contributed by atoms with Gasteiger partial charge in [0, 0.05) is 13.1 Å². The zero-order chi connectivity index (χ0) is 13.9. The molecule has 1 aromatic heterocycles. The zero-order valence-electron chi connectivity index (χ0n) is 10.4. The van der Waals surface area contributed by atoms with Crippen LogP contribution in [0.1, 0.15) is 17.8 Å². The standard InChI is InChI=1S/C10H15F3N4O2/c1-17-2-3-18-7(5-17)9-15-8(19-16-9)4-14-6-10(11,12)13/h7,14H,2-6H2,1H3. The molecule has 0 amide bonds.